The first-order valence-electron chi connectivity index (χ1n) is 6.93. The summed E-state index contributed by atoms with van der Waals surface area (Å²) in [6.45, 7) is 1.82. The molecule has 0 spiro atoms. The molecular weight excluding hydrogens is 296 g/mol. The van der Waals surface area contributed by atoms with Crippen LogP contribution in [-0.2, 0) is 0 Å². The van der Waals surface area contributed by atoms with Crippen LogP contribution in [0.2, 0.25) is 0 Å². The number of pyridine rings is 2. The Kier molecular flexibility index (Phi) is 2.54. The van der Waals surface area contributed by atoms with Crippen molar-refractivity contribution >= 4 is 23.1 Å². The summed E-state index contributed by atoms with van der Waals surface area (Å²) in [6.07, 6.45) is 3.03. The Hall–Kier alpha value is -3.28. The van der Waals surface area contributed by atoms with Crippen LogP contribution in [0.15, 0.2) is 36.7 Å². The van der Waals surface area contributed by atoms with Gasteiger partial charge < -0.3 is 9.51 Å². The average Bonchev–Trinajstić information content (AvgIpc) is 2.87. The van der Waals surface area contributed by atoms with Crippen molar-refractivity contribution in [3.8, 4) is 0 Å². The molecule has 6 heteroatoms. The molecule has 0 aromatic carbocycles. The lowest BCUT2D eigenvalue weighted by atomic mass is 9.89. The van der Waals surface area contributed by atoms with E-state index in [0.717, 1.165) is 5.56 Å². The fraction of sp³-hybridized carbons (Fsp3) is 0.0588. The number of aryl methyl sites for hydroxylation is 1. The molecular formula is C17H10N2O4. The van der Waals surface area contributed by atoms with Gasteiger partial charge in [-0.1, -0.05) is 0 Å². The van der Waals surface area contributed by atoms with Gasteiger partial charge in [-0.2, -0.15) is 0 Å². The molecule has 0 fully saturated rings. The zero-order chi connectivity index (χ0) is 16.3. The number of aromatic carboxylic acids is 1. The van der Waals surface area contributed by atoms with E-state index in [9.17, 15) is 19.5 Å². The highest BCUT2D eigenvalue weighted by atomic mass is 16.4. The normalized spacial score (nSPS) is 13.1. The van der Waals surface area contributed by atoms with Crippen LogP contribution in [0.5, 0.6) is 0 Å². The Balaban J connectivity index is 2.20. The predicted molar refractivity (Wildman–Crippen MR) is 80.2 cm³/mol. The highest BCUT2D eigenvalue weighted by Gasteiger charge is 2.38. The van der Waals surface area contributed by atoms with Crippen LogP contribution in [-0.4, -0.2) is 32.0 Å². The summed E-state index contributed by atoms with van der Waals surface area (Å²) in [5, 5.41) is 9.57. The van der Waals surface area contributed by atoms with E-state index in [4.69, 9.17) is 0 Å². The number of carboxylic acid groups (broad SMARTS) is 1. The number of fused-ring (bicyclic) bond motifs is 4. The lowest BCUT2D eigenvalue weighted by molar-refractivity contribution is 0.0695. The number of carbonyl (C=O) groups is 3. The lowest BCUT2D eigenvalue weighted by Crippen LogP contribution is -2.23. The summed E-state index contributed by atoms with van der Waals surface area (Å²) < 4.78 is 1.47. The molecule has 6 nitrogen and oxygen atoms in total. The van der Waals surface area contributed by atoms with E-state index < -0.39 is 17.5 Å². The zero-order valence-corrected chi connectivity index (χ0v) is 12.0. The molecule has 4 rings (SSSR count). The van der Waals surface area contributed by atoms with E-state index in [0.29, 0.717) is 5.52 Å². The minimum atomic E-state index is -1.24. The second kappa shape index (κ2) is 4.36. The first-order chi connectivity index (χ1) is 11.0. The van der Waals surface area contributed by atoms with E-state index in [1.54, 1.807) is 24.4 Å². The largest absolute Gasteiger partial charge is 0.478 e. The molecule has 3 aromatic heterocycles. The van der Waals surface area contributed by atoms with Crippen molar-refractivity contribution in [3.63, 3.8) is 0 Å². The van der Waals surface area contributed by atoms with Crippen LogP contribution >= 0.6 is 0 Å². The molecule has 0 radical (unpaired) electrons. The van der Waals surface area contributed by atoms with Gasteiger partial charge in [0.25, 0.3) is 0 Å². The third kappa shape index (κ3) is 1.63. The van der Waals surface area contributed by atoms with Crippen LogP contribution in [0.1, 0.15) is 48.0 Å². The van der Waals surface area contributed by atoms with Crippen molar-refractivity contribution in [2.24, 2.45) is 0 Å². The SMILES string of the molecule is Cc1ccn2c3c(c(C(=O)O)c2c1)C(=O)c1ncccc1C3=O. The van der Waals surface area contributed by atoms with E-state index in [1.807, 2.05) is 6.92 Å². The topological polar surface area (TPSA) is 88.7 Å². The molecule has 3 heterocycles. The summed E-state index contributed by atoms with van der Waals surface area (Å²) in [4.78, 5) is 41.2. The third-order valence-electron chi connectivity index (χ3n) is 4.02. The average molecular weight is 306 g/mol. The smallest absolute Gasteiger partial charge is 0.338 e. The lowest BCUT2D eigenvalue weighted by Gasteiger charge is -2.14. The fourth-order valence-electron chi connectivity index (χ4n) is 3.04. The van der Waals surface area contributed by atoms with E-state index in [1.165, 1.54) is 16.7 Å². The van der Waals surface area contributed by atoms with Gasteiger partial charge in [-0.25, -0.2) is 4.79 Å². The number of ketones is 2. The van der Waals surface area contributed by atoms with Gasteiger partial charge in [0.15, 0.2) is 0 Å². The third-order valence-corrected chi connectivity index (χ3v) is 4.02. The number of nitrogens with zero attached hydrogens (tertiary/aromatic N) is 2. The van der Waals surface area contributed by atoms with E-state index in [2.05, 4.69) is 4.98 Å². The summed E-state index contributed by atoms with van der Waals surface area (Å²) in [7, 11) is 0. The van der Waals surface area contributed by atoms with Crippen LogP contribution in [0, 0.1) is 6.92 Å². The Labute approximate surface area is 130 Å². The number of rotatable bonds is 1. The summed E-state index contributed by atoms with van der Waals surface area (Å²) in [5.74, 6) is -2.17. The molecule has 1 aliphatic carbocycles. The molecule has 1 N–H and O–H groups in total. The van der Waals surface area contributed by atoms with E-state index >= 15 is 0 Å². The van der Waals surface area contributed by atoms with E-state index in [-0.39, 0.29) is 28.1 Å². The van der Waals surface area contributed by atoms with Gasteiger partial charge >= 0.3 is 5.97 Å². The molecule has 0 atom stereocenters. The quantitative estimate of drug-likeness (QED) is 0.582. The molecule has 0 aliphatic heterocycles. The minimum Gasteiger partial charge on any atom is -0.478 e. The van der Waals surface area contributed by atoms with Gasteiger partial charge in [-0.05, 0) is 36.8 Å². The number of carboxylic acids is 1. The van der Waals surface area contributed by atoms with Gasteiger partial charge in [0, 0.05) is 12.4 Å². The van der Waals surface area contributed by atoms with Gasteiger partial charge in [-0.15, -0.1) is 0 Å². The van der Waals surface area contributed by atoms with Crippen molar-refractivity contribution < 1.29 is 19.5 Å². The predicted octanol–water partition coefficient (Wildman–Crippen LogP) is 2.12. The summed E-state index contributed by atoms with van der Waals surface area (Å²) in [6, 6.07) is 6.52. The Morgan fingerprint density at radius 2 is 2.00 bits per heavy atom. The molecule has 23 heavy (non-hydrogen) atoms. The van der Waals surface area contributed by atoms with Crippen molar-refractivity contribution in [3.05, 3.63) is 70.3 Å². The van der Waals surface area contributed by atoms with Crippen molar-refractivity contribution in [1.29, 1.82) is 0 Å². The number of hydrogen-bond donors (Lipinski definition) is 1. The van der Waals surface area contributed by atoms with Crippen LogP contribution in [0.25, 0.3) is 5.52 Å². The van der Waals surface area contributed by atoms with Gasteiger partial charge in [0.05, 0.1) is 22.2 Å². The molecule has 0 unspecified atom stereocenters. The highest BCUT2D eigenvalue weighted by Crippen LogP contribution is 2.33. The summed E-state index contributed by atoms with van der Waals surface area (Å²) >= 11 is 0. The first kappa shape index (κ1) is 13.4. The Morgan fingerprint density at radius 1 is 1.22 bits per heavy atom. The molecule has 3 aromatic rings. The molecule has 0 amide bonds. The van der Waals surface area contributed by atoms with Crippen molar-refractivity contribution in [2.75, 3.05) is 0 Å². The maximum Gasteiger partial charge on any atom is 0.338 e. The van der Waals surface area contributed by atoms with Gasteiger partial charge in [0.1, 0.15) is 11.4 Å². The van der Waals surface area contributed by atoms with Gasteiger partial charge in [-0.3, -0.25) is 14.6 Å². The molecule has 0 saturated heterocycles. The van der Waals surface area contributed by atoms with Gasteiger partial charge in [0.2, 0.25) is 11.6 Å². The van der Waals surface area contributed by atoms with Crippen molar-refractivity contribution in [1.82, 2.24) is 9.38 Å². The molecule has 1 aliphatic rings. The standard InChI is InChI=1S/C17H10N2O4/c1-8-4-6-19-10(7-8)11(17(22)23)12-14(19)15(20)9-3-2-5-18-13(9)16(12)21/h2-7H,1H3,(H,22,23). The number of hydrogen-bond acceptors (Lipinski definition) is 4. The summed E-state index contributed by atoms with van der Waals surface area (Å²) in [5.41, 5.74) is 1.21. The second-order valence-corrected chi connectivity index (χ2v) is 5.42. The molecule has 0 saturated carbocycles. The van der Waals surface area contributed by atoms with Crippen molar-refractivity contribution in [2.45, 2.75) is 6.92 Å². The second-order valence-electron chi connectivity index (χ2n) is 5.42. The van der Waals surface area contributed by atoms with Crippen LogP contribution < -0.4 is 0 Å². The monoisotopic (exact) mass is 306 g/mol. The highest BCUT2D eigenvalue weighted by molar-refractivity contribution is 6.31. The van der Waals surface area contributed by atoms with Crippen LogP contribution in [0.3, 0.4) is 0 Å². The maximum absolute atomic E-state index is 12.8. The first-order valence-corrected chi connectivity index (χ1v) is 6.93. The Bertz CT molecular complexity index is 1050. The number of aromatic nitrogens is 2. The zero-order valence-electron chi connectivity index (χ0n) is 12.0. The Morgan fingerprint density at radius 3 is 2.74 bits per heavy atom. The number of carbonyl (C=O) groups excluding carboxylic acids is 2. The molecule has 112 valence electrons. The van der Waals surface area contributed by atoms with Crippen LogP contribution in [0.4, 0.5) is 0 Å². The molecule has 0 bridgehead atoms. The minimum absolute atomic E-state index is 0.000119. The maximum atomic E-state index is 12.8. The fourth-order valence-corrected chi connectivity index (χ4v) is 3.04.